The van der Waals surface area contributed by atoms with Crippen LogP contribution in [0.5, 0.6) is 0 Å². The fraction of sp³-hybridized carbons (Fsp3) is 0.357. The van der Waals surface area contributed by atoms with E-state index in [9.17, 15) is 4.79 Å². The summed E-state index contributed by atoms with van der Waals surface area (Å²) in [4.78, 5) is 11.7. The van der Waals surface area contributed by atoms with Crippen molar-refractivity contribution in [3.63, 3.8) is 0 Å². The molecule has 92 valence electrons. The largest absolute Gasteiger partial charge is 0.374 e. The van der Waals surface area contributed by atoms with E-state index in [4.69, 9.17) is 0 Å². The van der Waals surface area contributed by atoms with Gasteiger partial charge in [0, 0.05) is 12.2 Å². The molecule has 1 rings (SSSR count). The standard InChI is InChI=1S/C14H20N2O/c1-5-8-15-14(17)12(4)16-13-7-6-10(2)9-11(13)3/h5-7,9,12,16H,1,8H2,2-4H3,(H,15,17)/t12-/m1/s1. The van der Waals surface area contributed by atoms with Gasteiger partial charge in [-0.1, -0.05) is 23.8 Å². The van der Waals surface area contributed by atoms with E-state index >= 15 is 0 Å². The fourth-order valence-corrected chi connectivity index (χ4v) is 1.60. The van der Waals surface area contributed by atoms with Crippen LogP contribution in [-0.4, -0.2) is 18.5 Å². The Morgan fingerprint density at radius 3 is 2.76 bits per heavy atom. The Labute approximate surface area is 103 Å². The molecule has 0 saturated heterocycles. The minimum atomic E-state index is -0.253. The highest BCUT2D eigenvalue weighted by Crippen LogP contribution is 2.16. The van der Waals surface area contributed by atoms with Gasteiger partial charge in [0.15, 0.2) is 0 Å². The van der Waals surface area contributed by atoms with Crippen LogP contribution in [0.4, 0.5) is 5.69 Å². The van der Waals surface area contributed by atoms with Gasteiger partial charge >= 0.3 is 0 Å². The predicted octanol–water partition coefficient (Wildman–Crippen LogP) is 2.41. The third kappa shape index (κ3) is 3.94. The highest BCUT2D eigenvalue weighted by Gasteiger charge is 2.12. The molecule has 2 N–H and O–H groups in total. The maximum atomic E-state index is 11.7. The molecule has 0 aliphatic rings. The summed E-state index contributed by atoms with van der Waals surface area (Å²) >= 11 is 0. The summed E-state index contributed by atoms with van der Waals surface area (Å²) in [6.45, 7) is 9.99. The van der Waals surface area contributed by atoms with Crippen LogP contribution in [0.25, 0.3) is 0 Å². The van der Waals surface area contributed by atoms with Crippen LogP contribution < -0.4 is 10.6 Å². The average Bonchev–Trinajstić information content (AvgIpc) is 2.29. The molecule has 0 aliphatic heterocycles. The molecule has 1 atom stereocenters. The monoisotopic (exact) mass is 232 g/mol. The number of carbonyl (C=O) groups excluding carboxylic acids is 1. The average molecular weight is 232 g/mol. The number of carbonyl (C=O) groups is 1. The van der Waals surface area contributed by atoms with Gasteiger partial charge in [-0.15, -0.1) is 6.58 Å². The number of nitrogens with one attached hydrogen (secondary N) is 2. The normalized spacial score (nSPS) is 11.7. The third-order valence-corrected chi connectivity index (χ3v) is 2.57. The highest BCUT2D eigenvalue weighted by atomic mass is 16.2. The van der Waals surface area contributed by atoms with E-state index in [-0.39, 0.29) is 11.9 Å². The van der Waals surface area contributed by atoms with Gasteiger partial charge in [-0.25, -0.2) is 0 Å². The second-order valence-electron chi connectivity index (χ2n) is 4.22. The molecule has 0 aromatic heterocycles. The van der Waals surface area contributed by atoms with Gasteiger partial charge in [-0.05, 0) is 32.4 Å². The van der Waals surface area contributed by atoms with Crippen LogP contribution in [-0.2, 0) is 4.79 Å². The second-order valence-corrected chi connectivity index (χ2v) is 4.22. The Hall–Kier alpha value is -1.77. The molecule has 0 spiro atoms. The van der Waals surface area contributed by atoms with E-state index in [1.807, 2.05) is 26.0 Å². The van der Waals surface area contributed by atoms with Crippen molar-refractivity contribution in [3.05, 3.63) is 42.0 Å². The summed E-state index contributed by atoms with van der Waals surface area (Å²) in [5.74, 6) is -0.0233. The smallest absolute Gasteiger partial charge is 0.242 e. The summed E-state index contributed by atoms with van der Waals surface area (Å²) in [6, 6.07) is 5.87. The second kappa shape index (κ2) is 6.09. The molecular formula is C14H20N2O. The summed E-state index contributed by atoms with van der Waals surface area (Å²) in [5.41, 5.74) is 3.36. The summed E-state index contributed by atoms with van der Waals surface area (Å²) < 4.78 is 0. The van der Waals surface area contributed by atoms with Gasteiger partial charge in [0.1, 0.15) is 6.04 Å². The number of amides is 1. The first-order valence-corrected chi connectivity index (χ1v) is 5.77. The first-order chi connectivity index (χ1) is 8.04. The summed E-state index contributed by atoms with van der Waals surface area (Å²) in [6.07, 6.45) is 1.67. The first kappa shape index (κ1) is 13.3. The number of rotatable bonds is 5. The van der Waals surface area contributed by atoms with Crippen molar-refractivity contribution in [3.8, 4) is 0 Å². The maximum Gasteiger partial charge on any atom is 0.242 e. The molecule has 1 amide bonds. The summed E-state index contributed by atoms with van der Waals surface area (Å²) in [7, 11) is 0. The number of aryl methyl sites for hydroxylation is 2. The van der Waals surface area contributed by atoms with Gasteiger partial charge in [-0.2, -0.15) is 0 Å². The molecule has 1 aromatic rings. The molecule has 0 unspecified atom stereocenters. The summed E-state index contributed by atoms with van der Waals surface area (Å²) in [5, 5.41) is 5.96. The Morgan fingerprint density at radius 1 is 1.47 bits per heavy atom. The molecule has 0 bridgehead atoms. The highest BCUT2D eigenvalue weighted by molar-refractivity contribution is 5.84. The van der Waals surface area contributed by atoms with Gasteiger partial charge in [0.25, 0.3) is 0 Å². The van der Waals surface area contributed by atoms with Crippen molar-refractivity contribution >= 4 is 11.6 Å². The van der Waals surface area contributed by atoms with E-state index in [0.29, 0.717) is 6.54 Å². The molecule has 0 fully saturated rings. The van der Waals surface area contributed by atoms with E-state index < -0.39 is 0 Å². The third-order valence-electron chi connectivity index (χ3n) is 2.57. The molecule has 17 heavy (non-hydrogen) atoms. The van der Waals surface area contributed by atoms with Gasteiger partial charge in [0.2, 0.25) is 5.91 Å². The van der Waals surface area contributed by atoms with Crippen LogP contribution in [0.2, 0.25) is 0 Å². The molecule has 1 aromatic carbocycles. The van der Waals surface area contributed by atoms with E-state index in [1.54, 1.807) is 6.08 Å². The van der Waals surface area contributed by atoms with E-state index in [2.05, 4.69) is 30.2 Å². The fourth-order valence-electron chi connectivity index (χ4n) is 1.60. The Kier molecular flexibility index (Phi) is 4.76. The molecular weight excluding hydrogens is 212 g/mol. The lowest BCUT2D eigenvalue weighted by Gasteiger charge is -2.16. The molecule has 3 heteroatoms. The number of anilines is 1. The minimum Gasteiger partial charge on any atom is -0.374 e. The number of hydrogen-bond acceptors (Lipinski definition) is 2. The number of hydrogen-bond donors (Lipinski definition) is 2. The Bertz CT molecular complexity index is 413. The van der Waals surface area contributed by atoms with Crippen molar-refractivity contribution in [2.45, 2.75) is 26.8 Å². The van der Waals surface area contributed by atoms with Gasteiger partial charge < -0.3 is 10.6 Å². The van der Waals surface area contributed by atoms with E-state index in [0.717, 1.165) is 11.3 Å². The Morgan fingerprint density at radius 2 is 2.18 bits per heavy atom. The van der Waals surface area contributed by atoms with Gasteiger partial charge in [0.05, 0.1) is 0 Å². The van der Waals surface area contributed by atoms with Crippen LogP contribution in [0, 0.1) is 13.8 Å². The zero-order chi connectivity index (χ0) is 12.8. The van der Waals surface area contributed by atoms with Crippen molar-refractivity contribution in [1.29, 1.82) is 0 Å². The van der Waals surface area contributed by atoms with Crippen LogP contribution >= 0.6 is 0 Å². The zero-order valence-electron chi connectivity index (χ0n) is 10.7. The Balaban J connectivity index is 2.64. The molecule has 0 heterocycles. The predicted molar refractivity (Wildman–Crippen MR) is 72.2 cm³/mol. The van der Waals surface area contributed by atoms with Crippen molar-refractivity contribution in [1.82, 2.24) is 5.32 Å². The zero-order valence-corrected chi connectivity index (χ0v) is 10.7. The van der Waals surface area contributed by atoms with Gasteiger partial charge in [-0.3, -0.25) is 4.79 Å². The lowest BCUT2D eigenvalue weighted by Crippen LogP contribution is -2.37. The van der Waals surface area contributed by atoms with Crippen LogP contribution in [0.3, 0.4) is 0 Å². The van der Waals surface area contributed by atoms with Crippen molar-refractivity contribution < 1.29 is 4.79 Å². The first-order valence-electron chi connectivity index (χ1n) is 5.77. The SMILES string of the molecule is C=CCNC(=O)[C@@H](C)Nc1ccc(C)cc1C. The topological polar surface area (TPSA) is 41.1 Å². The molecule has 0 saturated carbocycles. The quantitative estimate of drug-likeness (QED) is 0.765. The van der Waals surface area contributed by atoms with Crippen LogP contribution in [0.1, 0.15) is 18.1 Å². The maximum absolute atomic E-state index is 11.7. The van der Waals surface area contributed by atoms with Crippen molar-refractivity contribution in [2.75, 3.05) is 11.9 Å². The lowest BCUT2D eigenvalue weighted by molar-refractivity contribution is -0.121. The van der Waals surface area contributed by atoms with E-state index in [1.165, 1.54) is 5.56 Å². The molecule has 3 nitrogen and oxygen atoms in total. The molecule has 0 aliphatic carbocycles. The number of benzene rings is 1. The molecule has 0 radical (unpaired) electrons. The van der Waals surface area contributed by atoms with Crippen molar-refractivity contribution in [2.24, 2.45) is 0 Å². The lowest BCUT2D eigenvalue weighted by atomic mass is 10.1. The minimum absolute atomic E-state index is 0.0233. The van der Waals surface area contributed by atoms with Crippen LogP contribution in [0.15, 0.2) is 30.9 Å².